The van der Waals surface area contributed by atoms with Gasteiger partial charge in [-0.25, -0.2) is 34.4 Å². The molecule has 0 radical (unpaired) electrons. The molecule has 0 bridgehead atoms. The fraction of sp³-hybridized carbons (Fsp3) is 0.516. The van der Waals surface area contributed by atoms with E-state index in [4.69, 9.17) is 4.74 Å². The molecule has 9 nitrogen and oxygen atoms in total. The molecule has 4 atom stereocenters. The zero-order valence-electron chi connectivity index (χ0n) is 25.4. The monoisotopic (exact) mass is 666 g/mol. The molecule has 3 aromatic rings. The minimum Gasteiger partial charge on any atom is -0.457 e. The Morgan fingerprint density at radius 1 is 1.09 bits per heavy atom. The topological polar surface area (TPSA) is 93.5 Å². The van der Waals surface area contributed by atoms with Crippen LogP contribution < -0.4 is 15.3 Å². The summed E-state index contributed by atoms with van der Waals surface area (Å²) >= 11 is 0. The molecule has 0 spiro atoms. The number of hydrogen-bond acceptors (Lipinski definition) is 7. The van der Waals surface area contributed by atoms with Gasteiger partial charge >= 0.3 is 17.9 Å². The van der Waals surface area contributed by atoms with Gasteiger partial charge in [0.25, 0.3) is 0 Å². The molecule has 1 aromatic carbocycles. The smallest absolute Gasteiger partial charge is 0.416 e. The third-order valence-electron chi connectivity index (χ3n) is 9.05. The van der Waals surface area contributed by atoms with E-state index in [-0.39, 0.29) is 91.5 Å². The molecule has 2 fully saturated rings. The molecule has 3 aliphatic rings. The number of carbonyl (C=O) groups is 1. The number of benzene rings is 1. The summed E-state index contributed by atoms with van der Waals surface area (Å²) < 4.78 is 79.7. The summed E-state index contributed by atoms with van der Waals surface area (Å²) in [4.78, 5) is 42.7. The van der Waals surface area contributed by atoms with E-state index in [1.807, 2.05) is 13.8 Å². The molecule has 46 heavy (non-hydrogen) atoms. The lowest BCUT2D eigenvalue weighted by molar-refractivity contribution is -0.137. The summed E-state index contributed by atoms with van der Waals surface area (Å²) in [6.07, 6.45) is -1.69. The third kappa shape index (κ3) is 6.17. The summed E-state index contributed by atoms with van der Waals surface area (Å²) in [6.45, 7) is 7.63. The number of thiol groups is 1. The van der Waals surface area contributed by atoms with Crippen LogP contribution in [0, 0.1) is 0 Å². The average molecular weight is 667 g/mol. The minimum absolute atomic E-state index is 0.0324. The number of carbonyl (C=O) groups excluding carboxylic acids is 1. The molecule has 1 unspecified atom stereocenters. The largest absolute Gasteiger partial charge is 0.457 e. The molecule has 1 saturated heterocycles. The van der Waals surface area contributed by atoms with E-state index in [1.165, 1.54) is 23.0 Å². The van der Waals surface area contributed by atoms with Gasteiger partial charge in [-0.3, -0.25) is 9.36 Å². The van der Waals surface area contributed by atoms with Crippen LogP contribution in [0.4, 0.5) is 27.8 Å². The Morgan fingerprint density at radius 2 is 1.74 bits per heavy atom. The molecular weight excluding hydrogens is 631 g/mol. The molecule has 248 valence electrons. The average Bonchev–Trinajstić information content (AvgIpc) is 3.16. The van der Waals surface area contributed by atoms with Gasteiger partial charge in [0.05, 0.1) is 17.6 Å². The van der Waals surface area contributed by atoms with Crippen LogP contribution in [-0.4, -0.2) is 78.5 Å². The summed E-state index contributed by atoms with van der Waals surface area (Å²) in [6, 6.07) is 3.07. The lowest BCUT2D eigenvalue weighted by Crippen LogP contribution is -2.58. The first kappa shape index (κ1) is 32.2. The first-order chi connectivity index (χ1) is 21.8. The van der Waals surface area contributed by atoms with Gasteiger partial charge in [-0.2, -0.15) is 18.2 Å². The van der Waals surface area contributed by atoms with Crippen LogP contribution in [0.1, 0.15) is 45.1 Å². The maximum Gasteiger partial charge on any atom is 0.416 e. The molecule has 1 amide bonds. The van der Waals surface area contributed by atoms with Crippen molar-refractivity contribution in [2.24, 2.45) is 0 Å². The Bertz CT molecular complexity index is 1680. The zero-order valence-corrected chi connectivity index (χ0v) is 26.3. The van der Waals surface area contributed by atoms with Crippen molar-refractivity contribution in [1.29, 1.82) is 0 Å². The summed E-state index contributed by atoms with van der Waals surface area (Å²) in [5, 5.41) is -0.159. The van der Waals surface area contributed by atoms with Gasteiger partial charge in [0, 0.05) is 66.4 Å². The quantitative estimate of drug-likeness (QED) is 0.227. The van der Waals surface area contributed by atoms with Crippen molar-refractivity contribution in [1.82, 2.24) is 24.4 Å². The van der Waals surface area contributed by atoms with Crippen LogP contribution in [0.2, 0.25) is 0 Å². The van der Waals surface area contributed by atoms with Crippen molar-refractivity contribution in [2.75, 3.05) is 23.7 Å². The zero-order chi connectivity index (χ0) is 33.0. The van der Waals surface area contributed by atoms with Crippen LogP contribution in [-0.2, 0) is 17.5 Å². The van der Waals surface area contributed by atoms with Crippen LogP contribution in [0.3, 0.4) is 0 Å². The van der Waals surface area contributed by atoms with Gasteiger partial charge in [0.15, 0.2) is 0 Å². The number of halogens is 5. The van der Waals surface area contributed by atoms with Gasteiger partial charge < -0.3 is 14.5 Å². The molecule has 1 saturated carbocycles. The minimum atomic E-state index is -4.72. The number of rotatable bonds is 5. The van der Waals surface area contributed by atoms with Gasteiger partial charge in [-0.1, -0.05) is 6.58 Å². The van der Waals surface area contributed by atoms with Gasteiger partial charge in [-0.05, 0) is 56.2 Å². The number of piperazine rings is 1. The predicted molar refractivity (Wildman–Crippen MR) is 165 cm³/mol. The first-order valence-electron chi connectivity index (χ1n) is 15.2. The number of amides is 1. The molecule has 15 heteroatoms. The Kier molecular flexibility index (Phi) is 8.49. The molecule has 0 N–H and O–H groups in total. The van der Waals surface area contributed by atoms with Gasteiger partial charge in [-0.15, -0.1) is 0 Å². The highest BCUT2D eigenvalue weighted by atomic mass is 32.2. The van der Waals surface area contributed by atoms with Gasteiger partial charge in [0.1, 0.15) is 11.9 Å². The van der Waals surface area contributed by atoms with Crippen molar-refractivity contribution >= 4 is 33.5 Å². The SMILES string of the molecule is C=CC(=O)N1[C@H](C)CN(c2nc(=O)n3c4c(cc(C(F)(F)F)cc24)[SH](C2CCC(F)(F)CC2)C[C@@H](Oc2ncccn2)C3)C[C@@H]1C. The lowest BCUT2D eigenvalue weighted by Gasteiger charge is -2.44. The van der Waals surface area contributed by atoms with E-state index < -0.39 is 40.4 Å². The lowest BCUT2D eigenvalue weighted by atomic mass is 9.96. The molecule has 2 aliphatic heterocycles. The predicted octanol–water partition coefficient (Wildman–Crippen LogP) is 5.22. The molecule has 1 aliphatic carbocycles. The van der Waals surface area contributed by atoms with Gasteiger partial charge in [0.2, 0.25) is 11.8 Å². The second-order valence-electron chi connectivity index (χ2n) is 12.3. The standard InChI is InChI=1S/C31H35F5N6O3S/c1-4-25(43)42-18(2)14-40(15-19(42)3)27-23-12-20(31(34,35)36)13-24-26(23)41(29(44)39-27)16-21(45-28-37-10-5-11-38-28)17-46(24)22-6-8-30(32,33)9-7-22/h4-5,10-13,18-19,21-22,46H,1,6-9,14-17H2,2-3H3/t18-,19+,21-/m0/s1. The highest BCUT2D eigenvalue weighted by Crippen LogP contribution is 2.54. The number of alkyl halides is 5. The van der Waals surface area contributed by atoms with Crippen LogP contribution in [0.25, 0.3) is 10.9 Å². The van der Waals surface area contributed by atoms with Crippen molar-refractivity contribution in [2.45, 2.75) is 86.5 Å². The van der Waals surface area contributed by atoms with Crippen molar-refractivity contribution < 1.29 is 31.5 Å². The van der Waals surface area contributed by atoms with E-state index in [0.717, 1.165) is 12.1 Å². The number of aromatic nitrogens is 4. The molecule has 4 heterocycles. The summed E-state index contributed by atoms with van der Waals surface area (Å²) in [7, 11) is -1.52. The Morgan fingerprint density at radius 3 is 2.35 bits per heavy atom. The Balaban J connectivity index is 1.53. The normalized spacial score (nSPS) is 26.1. The molecule has 2 aromatic heterocycles. The number of nitrogens with zero attached hydrogens (tertiary/aromatic N) is 6. The Hall–Kier alpha value is -3.75. The second-order valence-corrected chi connectivity index (χ2v) is 14.8. The van der Waals surface area contributed by atoms with E-state index in [1.54, 1.807) is 15.9 Å². The first-order valence-corrected chi connectivity index (χ1v) is 16.8. The van der Waals surface area contributed by atoms with E-state index in [0.29, 0.717) is 10.4 Å². The van der Waals surface area contributed by atoms with Crippen LogP contribution in [0.15, 0.2) is 52.9 Å². The Labute approximate surface area is 264 Å². The van der Waals surface area contributed by atoms with E-state index >= 15 is 0 Å². The second kappa shape index (κ2) is 12.1. The molecular formula is C31H35F5N6O3S. The number of ether oxygens (including phenoxy) is 1. The number of anilines is 1. The fourth-order valence-electron chi connectivity index (χ4n) is 7.04. The highest BCUT2D eigenvalue weighted by Gasteiger charge is 2.42. The van der Waals surface area contributed by atoms with Crippen molar-refractivity contribution in [3.8, 4) is 6.01 Å². The molecule has 6 rings (SSSR count). The summed E-state index contributed by atoms with van der Waals surface area (Å²) in [5.74, 6) is -2.77. The van der Waals surface area contributed by atoms with Crippen molar-refractivity contribution in [3.63, 3.8) is 0 Å². The van der Waals surface area contributed by atoms with E-state index in [9.17, 15) is 31.5 Å². The van der Waals surface area contributed by atoms with E-state index in [2.05, 4.69) is 21.5 Å². The third-order valence-corrected chi connectivity index (χ3v) is 12.2. The summed E-state index contributed by atoms with van der Waals surface area (Å²) in [5.41, 5.74) is -1.25. The maximum atomic E-state index is 14.6. The number of hydrogen-bond donors (Lipinski definition) is 1. The van der Waals surface area contributed by atoms with Crippen molar-refractivity contribution in [3.05, 3.63) is 59.3 Å². The maximum absolute atomic E-state index is 14.6. The van der Waals surface area contributed by atoms with Crippen LogP contribution in [0.5, 0.6) is 6.01 Å². The highest BCUT2D eigenvalue weighted by molar-refractivity contribution is 8.17. The van der Waals surface area contributed by atoms with Crippen LogP contribution >= 0.6 is 10.9 Å². The fourth-order valence-corrected chi connectivity index (χ4v) is 10.3.